The fourth-order valence-corrected chi connectivity index (χ4v) is 4.60. The second kappa shape index (κ2) is 18.0. The van der Waals surface area contributed by atoms with Crippen LogP contribution in [-0.4, -0.2) is 77.2 Å². The van der Waals surface area contributed by atoms with Crippen molar-refractivity contribution in [2.75, 3.05) is 47.8 Å². The third-order valence-electron chi connectivity index (χ3n) is 7.35. The molecule has 43 heavy (non-hydrogen) atoms. The SMILES string of the molecule is CCC(=O)[C@H](Cc1ccc(-c2c(OC)cc(COCCOC(C)(C)CCOC(C)(C)CCOC)cc2OC)cc1)NC=O. The summed E-state index contributed by atoms with van der Waals surface area (Å²) >= 11 is 0. The highest BCUT2D eigenvalue weighted by molar-refractivity contribution is 5.85. The molecule has 0 aliphatic rings. The molecular weight excluding hydrogens is 550 g/mol. The molecule has 1 amide bonds. The molecule has 2 aromatic carbocycles. The number of Topliss-reactive ketones (excluding diaryl/α,β-unsaturated/α-hetero) is 1. The number of methoxy groups -OCH3 is 3. The van der Waals surface area contributed by atoms with Crippen molar-refractivity contribution in [1.82, 2.24) is 5.32 Å². The van der Waals surface area contributed by atoms with Crippen molar-refractivity contribution in [1.29, 1.82) is 0 Å². The zero-order valence-electron chi connectivity index (χ0n) is 27.2. The predicted molar refractivity (Wildman–Crippen MR) is 168 cm³/mol. The molecule has 1 N–H and O–H groups in total. The Kier molecular flexibility index (Phi) is 15.1. The van der Waals surface area contributed by atoms with Gasteiger partial charge in [0.25, 0.3) is 0 Å². The summed E-state index contributed by atoms with van der Waals surface area (Å²) in [4.78, 5) is 23.1. The second-order valence-corrected chi connectivity index (χ2v) is 11.7. The molecule has 240 valence electrons. The van der Waals surface area contributed by atoms with Crippen LogP contribution in [-0.2, 0) is 41.6 Å². The monoisotopic (exact) mass is 601 g/mol. The number of hydrogen-bond acceptors (Lipinski definition) is 8. The lowest BCUT2D eigenvalue weighted by atomic mass is 9.96. The van der Waals surface area contributed by atoms with Crippen LogP contribution in [0.5, 0.6) is 11.5 Å². The minimum atomic E-state index is -0.536. The van der Waals surface area contributed by atoms with Gasteiger partial charge in [-0.25, -0.2) is 0 Å². The number of amides is 1. The Morgan fingerprint density at radius 2 is 1.42 bits per heavy atom. The van der Waals surface area contributed by atoms with Crippen molar-refractivity contribution in [3.05, 3.63) is 47.5 Å². The highest BCUT2D eigenvalue weighted by Crippen LogP contribution is 2.40. The zero-order valence-corrected chi connectivity index (χ0v) is 27.2. The lowest BCUT2D eigenvalue weighted by molar-refractivity contribution is -0.123. The van der Waals surface area contributed by atoms with Crippen molar-refractivity contribution < 1.29 is 38.0 Å². The molecule has 0 aliphatic carbocycles. The summed E-state index contributed by atoms with van der Waals surface area (Å²) < 4.78 is 34.7. The summed E-state index contributed by atoms with van der Waals surface area (Å²) in [6, 6.07) is 11.2. The van der Waals surface area contributed by atoms with Gasteiger partial charge in [-0.2, -0.15) is 0 Å². The van der Waals surface area contributed by atoms with Gasteiger partial charge in [-0.05, 0) is 75.8 Å². The average molecular weight is 602 g/mol. The van der Waals surface area contributed by atoms with Crippen LogP contribution in [0.15, 0.2) is 36.4 Å². The first-order valence-corrected chi connectivity index (χ1v) is 14.9. The van der Waals surface area contributed by atoms with Crippen LogP contribution in [0, 0.1) is 0 Å². The minimum absolute atomic E-state index is 0.00395. The summed E-state index contributed by atoms with van der Waals surface area (Å²) in [5.74, 6) is 1.33. The van der Waals surface area contributed by atoms with Gasteiger partial charge in [0.15, 0.2) is 5.78 Å². The second-order valence-electron chi connectivity index (χ2n) is 11.7. The average Bonchev–Trinajstić information content (AvgIpc) is 2.98. The molecule has 0 aromatic heterocycles. The number of carbonyl (C=O) groups is 2. The van der Waals surface area contributed by atoms with Gasteiger partial charge in [0.05, 0.1) is 63.5 Å². The molecule has 0 saturated heterocycles. The van der Waals surface area contributed by atoms with E-state index in [0.29, 0.717) is 63.8 Å². The molecule has 2 rings (SSSR count). The highest BCUT2D eigenvalue weighted by atomic mass is 16.5. The van der Waals surface area contributed by atoms with Crippen LogP contribution >= 0.6 is 0 Å². The maximum Gasteiger partial charge on any atom is 0.207 e. The largest absolute Gasteiger partial charge is 0.496 e. The van der Waals surface area contributed by atoms with Crippen LogP contribution in [0.25, 0.3) is 11.1 Å². The van der Waals surface area contributed by atoms with Gasteiger partial charge in [-0.3, -0.25) is 9.59 Å². The van der Waals surface area contributed by atoms with E-state index in [-0.39, 0.29) is 17.0 Å². The van der Waals surface area contributed by atoms with Crippen molar-refractivity contribution in [2.45, 2.75) is 84.2 Å². The van der Waals surface area contributed by atoms with E-state index in [1.54, 1.807) is 28.3 Å². The van der Waals surface area contributed by atoms with Crippen LogP contribution in [0.2, 0.25) is 0 Å². The zero-order chi connectivity index (χ0) is 31.9. The molecule has 0 heterocycles. The topological polar surface area (TPSA) is 102 Å². The lowest BCUT2D eigenvalue weighted by Crippen LogP contribution is -2.37. The summed E-state index contributed by atoms with van der Waals surface area (Å²) in [7, 11) is 4.95. The van der Waals surface area contributed by atoms with Gasteiger partial charge in [-0.1, -0.05) is 31.2 Å². The van der Waals surface area contributed by atoms with Gasteiger partial charge in [0.2, 0.25) is 6.41 Å². The first-order chi connectivity index (χ1) is 20.5. The van der Waals surface area contributed by atoms with Crippen molar-refractivity contribution in [3.63, 3.8) is 0 Å². The van der Waals surface area contributed by atoms with Crippen LogP contribution < -0.4 is 14.8 Å². The van der Waals surface area contributed by atoms with Gasteiger partial charge in [0, 0.05) is 20.1 Å². The smallest absolute Gasteiger partial charge is 0.207 e. The number of ether oxygens (including phenoxy) is 6. The molecule has 9 heteroatoms. The molecule has 1 atom stereocenters. The molecule has 0 aliphatic heterocycles. The maximum atomic E-state index is 12.2. The fourth-order valence-electron chi connectivity index (χ4n) is 4.60. The predicted octanol–water partition coefficient (Wildman–Crippen LogP) is 5.54. The first-order valence-electron chi connectivity index (χ1n) is 14.9. The van der Waals surface area contributed by atoms with Gasteiger partial charge in [0.1, 0.15) is 11.5 Å². The molecule has 9 nitrogen and oxygen atoms in total. The van der Waals surface area contributed by atoms with E-state index in [4.69, 9.17) is 28.4 Å². The fraction of sp³-hybridized carbons (Fsp3) is 0.588. The number of hydrogen-bond donors (Lipinski definition) is 1. The highest BCUT2D eigenvalue weighted by Gasteiger charge is 2.23. The molecular formula is C34H51NO8. The van der Waals surface area contributed by atoms with Gasteiger partial charge < -0.3 is 33.7 Å². The van der Waals surface area contributed by atoms with E-state index >= 15 is 0 Å². The van der Waals surface area contributed by atoms with E-state index in [0.717, 1.165) is 35.1 Å². The summed E-state index contributed by atoms with van der Waals surface area (Å²) in [5.41, 5.74) is 3.03. The first kappa shape index (κ1) is 36.2. The lowest BCUT2D eigenvalue weighted by Gasteiger charge is -2.29. The number of carbonyl (C=O) groups excluding carboxylic acids is 2. The maximum absolute atomic E-state index is 12.2. The third kappa shape index (κ3) is 12.3. The van der Waals surface area contributed by atoms with E-state index in [1.807, 2.05) is 36.4 Å². The quantitative estimate of drug-likeness (QED) is 0.139. The Labute approximate surface area is 257 Å². The van der Waals surface area contributed by atoms with Gasteiger partial charge >= 0.3 is 0 Å². The van der Waals surface area contributed by atoms with E-state index < -0.39 is 6.04 Å². The Hall–Kier alpha value is -2.98. The summed E-state index contributed by atoms with van der Waals surface area (Å²) in [6.07, 6.45) is 2.98. The van der Waals surface area contributed by atoms with Crippen molar-refractivity contribution in [2.24, 2.45) is 0 Å². The number of nitrogens with one attached hydrogen (secondary N) is 1. The molecule has 0 radical (unpaired) electrons. The molecule has 0 fully saturated rings. The van der Waals surface area contributed by atoms with E-state index in [2.05, 4.69) is 33.0 Å². The number of rotatable bonds is 22. The Bertz CT molecular complexity index is 1100. The number of benzene rings is 2. The van der Waals surface area contributed by atoms with Crippen LogP contribution in [0.3, 0.4) is 0 Å². The van der Waals surface area contributed by atoms with Crippen LogP contribution in [0.1, 0.15) is 65.0 Å². The third-order valence-corrected chi connectivity index (χ3v) is 7.35. The standard InChI is InChI=1S/C34H51NO8/c1-9-29(37)28(35-24-36)20-25-10-12-27(13-11-25)32-30(39-7)21-26(22-31(32)40-8)23-41-18-19-43-34(4,5)15-17-42-33(2,3)14-16-38-6/h10-13,21-22,24,28H,9,14-20,23H2,1-8H3,(H,35,36)/t28-/m0/s1. The molecule has 0 spiro atoms. The van der Waals surface area contributed by atoms with E-state index in [9.17, 15) is 9.59 Å². The normalized spacial score (nSPS) is 12.6. The number of ketones is 1. The Morgan fingerprint density at radius 3 is 1.95 bits per heavy atom. The Balaban J connectivity index is 1.96. The molecule has 0 bridgehead atoms. The molecule has 0 saturated carbocycles. The van der Waals surface area contributed by atoms with E-state index in [1.165, 1.54) is 0 Å². The van der Waals surface area contributed by atoms with Crippen molar-refractivity contribution >= 4 is 12.2 Å². The minimum Gasteiger partial charge on any atom is -0.496 e. The van der Waals surface area contributed by atoms with Crippen LogP contribution in [0.4, 0.5) is 0 Å². The Morgan fingerprint density at radius 1 is 0.837 bits per heavy atom. The van der Waals surface area contributed by atoms with Gasteiger partial charge in [-0.15, -0.1) is 0 Å². The summed E-state index contributed by atoms with van der Waals surface area (Å²) in [5, 5.41) is 2.62. The molecule has 2 aromatic rings. The van der Waals surface area contributed by atoms with Crippen molar-refractivity contribution in [3.8, 4) is 22.6 Å². The summed E-state index contributed by atoms with van der Waals surface area (Å²) in [6.45, 7) is 12.6. The molecule has 0 unspecified atom stereocenters.